The Balaban J connectivity index is 1.22. The van der Waals surface area contributed by atoms with Crippen LogP contribution in [0.15, 0.2) is 176 Å². The Morgan fingerprint density at radius 2 is 0.783 bits per heavy atom. The second-order valence-electron chi connectivity index (χ2n) is 11.4. The molecule has 0 aliphatic rings. The third-order valence-electron chi connectivity index (χ3n) is 8.41. The fourth-order valence-corrected chi connectivity index (χ4v) is 5.92. The number of nitrogens with zero attached hydrogens (tertiary/aromatic N) is 3. The lowest BCUT2D eigenvalue weighted by molar-refractivity contribution is 1.18. The fraction of sp³-hybridized carbons (Fsp3) is 0. The molecule has 8 rings (SSSR count). The average molecular weight is 588 g/mol. The second-order valence-corrected chi connectivity index (χ2v) is 11.4. The van der Waals surface area contributed by atoms with E-state index in [4.69, 9.17) is 9.97 Å². The zero-order valence-electron chi connectivity index (χ0n) is 25.1. The maximum atomic E-state index is 5.13. The minimum Gasteiger partial charge on any atom is -0.265 e. The Kier molecular flexibility index (Phi) is 7.18. The predicted octanol–water partition coefficient (Wildman–Crippen LogP) is 11.0. The van der Waals surface area contributed by atoms with Gasteiger partial charge in [-0.2, -0.15) is 0 Å². The van der Waals surface area contributed by atoms with Crippen molar-refractivity contribution in [1.82, 2.24) is 15.0 Å². The highest BCUT2D eigenvalue weighted by Crippen LogP contribution is 2.33. The van der Waals surface area contributed by atoms with Gasteiger partial charge in [0.2, 0.25) is 0 Å². The van der Waals surface area contributed by atoms with E-state index in [9.17, 15) is 0 Å². The van der Waals surface area contributed by atoms with Crippen molar-refractivity contribution in [3.63, 3.8) is 0 Å². The molecule has 2 heterocycles. The number of rotatable bonds is 6. The molecule has 46 heavy (non-hydrogen) atoms. The van der Waals surface area contributed by atoms with E-state index in [1.165, 1.54) is 27.5 Å². The molecule has 8 aromatic rings. The Morgan fingerprint density at radius 1 is 0.283 bits per heavy atom. The van der Waals surface area contributed by atoms with Crippen LogP contribution in [-0.2, 0) is 0 Å². The number of pyridine rings is 1. The second kappa shape index (κ2) is 12.1. The zero-order chi connectivity index (χ0) is 30.7. The van der Waals surface area contributed by atoms with E-state index >= 15 is 0 Å². The molecule has 0 saturated heterocycles. The molecule has 6 aromatic carbocycles. The quantitative estimate of drug-likeness (QED) is 0.194. The summed E-state index contributed by atoms with van der Waals surface area (Å²) >= 11 is 0. The number of aromatic nitrogens is 3. The standard InChI is InChI=1S/C43H29N3/c1-2-7-30(8-3-1)32-13-18-35(19-14-32)41-29-42(46-43(45-41)36-20-15-33(16-21-36)34-23-25-44-26-24-34)40-12-6-11-38(28-40)39-22-17-31-9-4-5-10-37(31)27-39/h1-29H. The van der Waals surface area contributed by atoms with Gasteiger partial charge in [-0.15, -0.1) is 0 Å². The van der Waals surface area contributed by atoms with Crippen LogP contribution in [0.5, 0.6) is 0 Å². The molecular formula is C43H29N3. The molecule has 0 fully saturated rings. The van der Waals surface area contributed by atoms with Crippen molar-refractivity contribution in [2.24, 2.45) is 0 Å². The molecular weight excluding hydrogens is 558 g/mol. The minimum absolute atomic E-state index is 0.692. The Bertz CT molecular complexity index is 2170. The van der Waals surface area contributed by atoms with Gasteiger partial charge < -0.3 is 0 Å². The Labute approximate surface area is 268 Å². The van der Waals surface area contributed by atoms with Gasteiger partial charge in [0.05, 0.1) is 11.4 Å². The van der Waals surface area contributed by atoms with Crippen molar-refractivity contribution in [2.75, 3.05) is 0 Å². The summed E-state index contributed by atoms with van der Waals surface area (Å²) in [5, 5.41) is 2.46. The summed E-state index contributed by atoms with van der Waals surface area (Å²) in [4.78, 5) is 14.4. The molecule has 0 saturated carbocycles. The van der Waals surface area contributed by atoms with Crippen molar-refractivity contribution < 1.29 is 0 Å². The first-order chi connectivity index (χ1) is 22.8. The van der Waals surface area contributed by atoms with E-state index in [0.29, 0.717) is 5.82 Å². The molecule has 0 N–H and O–H groups in total. The lowest BCUT2D eigenvalue weighted by Crippen LogP contribution is -1.96. The van der Waals surface area contributed by atoms with E-state index < -0.39 is 0 Å². The minimum atomic E-state index is 0.692. The molecule has 0 aliphatic carbocycles. The van der Waals surface area contributed by atoms with Gasteiger partial charge in [0.1, 0.15) is 0 Å². The van der Waals surface area contributed by atoms with Gasteiger partial charge in [0, 0.05) is 29.1 Å². The lowest BCUT2D eigenvalue weighted by atomic mass is 9.98. The summed E-state index contributed by atoms with van der Waals surface area (Å²) in [5.41, 5.74) is 11.8. The molecule has 0 spiro atoms. The summed E-state index contributed by atoms with van der Waals surface area (Å²) in [6.07, 6.45) is 3.63. The predicted molar refractivity (Wildman–Crippen MR) is 190 cm³/mol. The van der Waals surface area contributed by atoms with Crippen LogP contribution in [0.2, 0.25) is 0 Å². The molecule has 0 radical (unpaired) electrons. The van der Waals surface area contributed by atoms with Crippen LogP contribution >= 0.6 is 0 Å². The van der Waals surface area contributed by atoms with Gasteiger partial charge in [0.25, 0.3) is 0 Å². The van der Waals surface area contributed by atoms with E-state index in [1.807, 2.05) is 30.6 Å². The molecule has 0 unspecified atom stereocenters. The van der Waals surface area contributed by atoms with Crippen LogP contribution in [0.4, 0.5) is 0 Å². The fourth-order valence-electron chi connectivity index (χ4n) is 5.92. The van der Waals surface area contributed by atoms with Crippen LogP contribution in [0.3, 0.4) is 0 Å². The van der Waals surface area contributed by atoms with Gasteiger partial charge in [-0.25, -0.2) is 9.97 Å². The molecule has 0 bridgehead atoms. The smallest absolute Gasteiger partial charge is 0.160 e. The highest BCUT2D eigenvalue weighted by atomic mass is 14.9. The van der Waals surface area contributed by atoms with Gasteiger partial charge >= 0.3 is 0 Å². The first-order valence-corrected chi connectivity index (χ1v) is 15.4. The number of benzene rings is 6. The maximum Gasteiger partial charge on any atom is 0.160 e. The molecule has 3 nitrogen and oxygen atoms in total. The first kappa shape index (κ1) is 27.4. The summed E-state index contributed by atoms with van der Waals surface area (Å²) in [5.74, 6) is 0.692. The molecule has 0 amide bonds. The number of hydrogen-bond acceptors (Lipinski definition) is 3. The molecule has 216 valence electrons. The topological polar surface area (TPSA) is 38.7 Å². The third-order valence-corrected chi connectivity index (χ3v) is 8.41. The summed E-state index contributed by atoms with van der Waals surface area (Å²) < 4.78 is 0. The van der Waals surface area contributed by atoms with E-state index in [0.717, 1.165) is 44.8 Å². The van der Waals surface area contributed by atoms with Crippen molar-refractivity contribution in [2.45, 2.75) is 0 Å². The molecule has 0 aliphatic heterocycles. The van der Waals surface area contributed by atoms with E-state index in [1.54, 1.807) is 0 Å². The highest BCUT2D eigenvalue weighted by Gasteiger charge is 2.13. The normalized spacial score (nSPS) is 11.0. The monoisotopic (exact) mass is 587 g/mol. The molecule has 0 atom stereocenters. The Hall–Kier alpha value is -6.19. The van der Waals surface area contributed by atoms with E-state index in [-0.39, 0.29) is 0 Å². The number of hydrogen-bond donors (Lipinski definition) is 0. The van der Waals surface area contributed by atoms with E-state index in [2.05, 4.69) is 151 Å². The number of fused-ring (bicyclic) bond motifs is 1. The van der Waals surface area contributed by atoms with Gasteiger partial charge in [-0.1, -0.05) is 133 Å². The van der Waals surface area contributed by atoms with Crippen molar-refractivity contribution >= 4 is 10.8 Å². The van der Waals surface area contributed by atoms with Gasteiger partial charge in [-0.05, 0) is 74.5 Å². The van der Waals surface area contributed by atoms with Crippen LogP contribution in [0.1, 0.15) is 0 Å². The Morgan fingerprint density at radius 3 is 1.52 bits per heavy atom. The van der Waals surface area contributed by atoms with Crippen molar-refractivity contribution in [1.29, 1.82) is 0 Å². The van der Waals surface area contributed by atoms with Gasteiger partial charge in [-0.3, -0.25) is 4.98 Å². The first-order valence-electron chi connectivity index (χ1n) is 15.4. The molecule has 2 aromatic heterocycles. The summed E-state index contributed by atoms with van der Waals surface area (Å²) in [7, 11) is 0. The van der Waals surface area contributed by atoms with Crippen molar-refractivity contribution in [3.8, 4) is 67.3 Å². The average Bonchev–Trinajstić information content (AvgIpc) is 3.15. The summed E-state index contributed by atoms with van der Waals surface area (Å²) in [6.45, 7) is 0. The van der Waals surface area contributed by atoms with Crippen LogP contribution < -0.4 is 0 Å². The highest BCUT2D eigenvalue weighted by molar-refractivity contribution is 5.88. The summed E-state index contributed by atoms with van der Waals surface area (Å²) in [6, 6.07) is 57.4. The zero-order valence-corrected chi connectivity index (χ0v) is 25.1. The SMILES string of the molecule is c1ccc(-c2ccc(-c3cc(-c4cccc(-c5ccc6ccccc6c5)c4)nc(-c4ccc(-c5ccncc5)cc4)n3)cc2)cc1. The molecule has 3 heteroatoms. The van der Waals surface area contributed by atoms with Crippen LogP contribution in [0, 0.1) is 0 Å². The third kappa shape index (κ3) is 5.58. The van der Waals surface area contributed by atoms with Crippen molar-refractivity contribution in [3.05, 3.63) is 176 Å². The largest absolute Gasteiger partial charge is 0.265 e. The lowest BCUT2D eigenvalue weighted by Gasteiger charge is -2.12. The maximum absolute atomic E-state index is 5.13. The van der Waals surface area contributed by atoms with Gasteiger partial charge in [0.15, 0.2) is 5.82 Å². The van der Waals surface area contributed by atoms with Crippen LogP contribution in [-0.4, -0.2) is 15.0 Å². The van der Waals surface area contributed by atoms with Crippen LogP contribution in [0.25, 0.3) is 78.1 Å².